The highest BCUT2D eigenvalue weighted by atomic mass is 15.2. The van der Waals surface area contributed by atoms with Crippen LogP contribution in [0.4, 0.5) is 0 Å². The van der Waals surface area contributed by atoms with E-state index in [0.29, 0.717) is 6.04 Å². The van der Waals surface area contributed by atoms with Crippen molar-refractivity contribution in [2.75, 3.05) is 40.3 Å². The first kappa shape index (κ1) is 14.9. The van der Waals surface area contributed by atoms with Crippen LogP contribution in [0.1, 0.15) is 33.6 Å². The fourth-order valence-corrected chi connectivity index (χ4v) is 2.56. The molecule has 1 N–H and O–H groups in total. The van der Waals surface area contributed by atoms with Crippen molar-refractivity contribution >= 4 is 0 Å². The van der Waals surface area contributed by atoms with Crippen molar-refractivity contribution in [3.8, 4) is 0 Å². The van der Waals surface area contributed by atoms with Gasteiger partial charge < -0.3 is 10.2 Å². The molecule has 3 heteroatoms. The lowest BCUT2D eigenvalue weighted by atomic mass is 10.0. The maximum absolute atomic E-state index is 3.56. The Labute approximate surface area is 108 Å². The van der Waals surface area contributed by atoms with Gasteiger partial charge in [0.25, 0.3) is 0 Å². The molecule has 0 radical (unpaired) electrons. The highest BCUT2D eigenvalue weighted by molar-refractivity contribution is 4.81. The predicted octanol–water partition coefficient (Wildman–Crippen LogP) is 1.65. The van der Waals surface area contributed by atoms with E-state index in [9.17, 15) is 0 Å². The molecule has 0 aromatic rings. The summed E-state index contributed by atoms with van der Waals surface area (Å²) in [6, 6.07) is 1.37. The van der Waals surface area contributed by atoms with Crippen molar-refractivity contribution in [3.05, 3.63) is 0 Å². The normalized spacial score (nSPS) is 24.5. The van der Waals surface area contributed by atoms with Gasteiger partial charge in [-0.25, -0.2) is 0 Å². The number of nitrogens with zero attached hydrogens (tertiary/aromatic N) is 2. The van der Waals surface area contributed by atoms with Gasteiger partial charge in [-0.3, -0.25) is 4.90 Å². The van der Waals surface area contributed by atoms with E-state index < -0.39 is 0 Å². The van der Waals surface area contributed by atoms with Crippen molar-refractivity contribution in [1.29, 1.82) is 0 Å². The van der Waals surface area contributed by atoms with Crippen LogP contribution in [0.25, 0.3) is 0 Å². The molecular formula is C14H31N3. The quantitative estimate of drug-likeness (QED) is 0.763. The molecule has 1 aliphatic rings. The van der Waals surface area contributed by atoms with Gasteiger partial charge in [-0.1, -0.05) is 13.8 Å². The maximum Gasteiger partial charge on any atom is 0.0223 e. The summed E-state index contributed by atoms with van der Waals surface area (Å²) < 4.78 is 0. The summed E-state index contributed by atoms with van der Waals surface area (Å²) in [7, 11) is 4.52. The summed E-state index contributed by atoms with van der Waals surface area (Å²) in [5, 5.41) is 3.56. The van der Waals surface area contributed by atoms with Crippen LogP contribution in [-0.2, 0) is 0 Å². The Balaban J connectivity index is 2.27. The molecule has 0 aromatic carbocycles. The van der Waals surface area contributed by atoms with Gasteiger partial charge in [0, 0.05) is 25.2 Å². The third-order valence-corrected chi connectivity index (χ3v) is 3.86. The van der Waals surface area contributed by atoms with E-state index in [1.54, 1.807) is 0 Å². The molecule has 1 saturated heterocycles. The Hall–Kier alpha value is -0.120. The SMILES string of the molecule is CC(C)CNCC(C)N(C)C1CCCN(C)C1. The molecule has 0 amide bonds. The first-order valence-electron chi connectivity index (χ1n) is 7.12. The maximum atomic E-state index is 3.56. The first-order chi connectivity index (χ1) is 8.00. The lowest BCUT2D eigenvalue weighted by Crippen LogP contribution is -2.50. The average molecular weight is 241 g/mol. The highest BCUT2D eigenvalue weighted by Gasteiger charge is 2.23. The van der Waals surface area contributed by atoms with Gasteiger partial charge in [0.1, 0.15) is 0 Å². The molecule has 3 nitrogen and oxygen atoms in total. The lowest BCUT2D eigenvalue weighted by molar-refractivity contribution is 0.104. The van der Waals surface area contributed by atoms with Crippen LogP contribution in [0.2, 0.25) is 0 Å². The summed E-state index contributed by atoms with van der Waals surface area (Å²) in [5.74, 6) is 0.744. The third kappa shape index (κ3) is 5.36. The van der Waals surface area contributed by atoms with Crippen molar-refractivity contribution < 1.29 is 0 Å². The minimum atomic E-state index is 0.630. The lowest BCUT2D eigenvalue weighted by Gasteiger charge is -2.39. The minimum absolute atomic E-state index is 0.630. The van der Waals surface area contributed by atoms with Crippen molar-refractivity contribution in [2.45, 2.75) is 45.7 Å². The topological polar surface area (TPSA) is 18.5 Å². The number of piperidine rings is 1. The standard InChI is InChI=1S/C14H31N3/c1-12(2)9-15-10-13(3)17(5)14-7-6-8-16(4)11-14/h12-15H,6-11H2,1-5H3. The van der Waals surface area contributed by atoms with Crippen LogP contribution in [0, 0.1) is 5.92 Å². The molecule has 102 valence electrons. The van der Waals surface area contributed by atoms with Crippen molar-refractivity contribution in [2.24, 2.45) is 5.92 Å². The minimum Gasteiger partial charge on any atom is -0.315 e. The Bertz CT molecular complexity index is 206. The third-order valence-electron chi connectivity index (χ3n) is 3.86. The van der Waals surface area contributed by atoms with Crippen LogP contribution in [-0.4, -0.2) is 62.2 Å². The zero-order chi connectivity index (χ0) is 12.8. The monoisotopic (exact) mass is 241 g/mol. The van der Waals surface area contributed by atoms with E-state index in [1.807, 2.05) is 0 Å². The molecule has 2 unspecified atom stereocenters. The van der Waals surface area contributed by atoms with Crippen LogP contribution in [0.15, 0.2) is 0 Å². The summed E-state index contributed by atoms with van der Waals surface area (Å²) in [5.41, 5.74) is 0. The second-order valence-corrected chi connectivity index (χ2v) is 6.12. The first-order valence-corrected chi connectivity index (χ1v) is 7.12. The van der Waals surface area contributed by atoms with E-state index in [1.165, 1.54) is 25.9 Å². The largest absolute Gasteiger partial charge is 0.315 e. The Morgan fingerprint density at radius 2 is 2.00 bits per heavy atom. The van der Waals surface area contributed by atoms with Gasteiger partial charge in [0.2, 0.25) is 0 Å². The Kier molecular flexibility index (Phi) is 6.45. The molecule has 0 aromatic heterocycles. The van der Waals surface area contributed by atoms with E-state index in [0.717, 1.165) is 25.0 Å². The van der Waals surface area contributed by atoms with Gasteiger partial charge in [0.15, 0.2) is 0 Å². The molecule has 0 spiro atoms. The predicted molar refractivity (Wildman–Crippen MR) is 75.5 cm³/mol. The second kappa shape index (κ2) is 7.34. The fraction of sp³-hybridized carbons (Fsp3) is 1.00. The molecule has 1 heterocycles. The summed E-state index contributed by atoms with van der Waals surface area (Å²) in [6.45, 7) is 11.6. The second-order valence-electron chi connectivity index (χ2n) is 6.12. The Morgan fingerprint density at radius 3 is 2.59 bits per heavy atom. The highest BCUT2D eigenvalue weighted by Crippen LogP contribution is 2.15. The van der Waals surface area contributed by atoms with Crippen LogP contribution >= 0.6 is 0 Å². The molecule has 17 heavy (non-hydrogen) atoms. The molecule has 0 saturated carbocycles. The number of hydrogen-bond donors (Lipinski definition) is 1. The smallest absolute Gasteiger partial charge is 0.0223 e. The van der Waals surface area contributed by atoms with E-state index in [2.05, 4.69) is 50.0 Å². The zero-order valence-electron chi connectivity index (χ0n) is 12.4. The average Bonchev–Trinajstić information content (AvgIpc) is 2.27. The van der Waals surface area contributed by atoms with Crippen LogP contribution in [0.5, 0.6) is 0 Å². The van der Waals surface area contributed by atoms with E-state index in [4.69, 9.17) is 0 Å². The van der Waals surface area contributed by atoms with Crippen LogP contribution in [0.3, 0.4) is 0 Å². The fourth-order valence-electron chi connectivity index (χ4n) is 2.56. The summed E-state index contributed by atoms with van der Waals surface area (Å²) in [4.78, 5) is 5.02. The number of likely N-dealkylation sites (tertiary alicyclic amines) is 1. The van der Waals surface area contributed by atoms with Crippen molar-refractivity contribution in [1.82, 2.24) is 15.1 Å². The number of likely N-dealkylation sites (N-methyl/N-ethyl adjacent to an activating group) is 2. The molecule has 1 fully saturated rings. The molecule has 1 aliphatic heterocycles. The number of rotatable bonds is 6. The molecule has 2 atom stereocenters. The van der Waals surface area contributed by atoms with Crippen LogP contribution < -0.4 is 5.32 Å². The van der Waals surface area contributed by atoms with E-state index in [-0.39, 0.29) is 0 Å². The molecule has 1 rings (SSSR count). The van der Waals surface area contributed by atoms with Gasteiger partial charge in [0.05, 0.1) is 0 Å². The molecular weight excluding hydrogens is 210 g/mol. The molecule has 0 bridgehead atoms. The van der Waals surface area contributed by atoms with Gasteiger partial charge in [-0.15, -0.1) is 0 Å². The zero-order valence-corrected chi connectivity index (χ0v) is 12.4. The van der Waals surface area contributed by atoms with Gasteiger partial charge in [-0.2, -0.15) is 0 Å². The number of hydrogen-bond acceptors (Lipinski definition) is 3. The van der Waals surface area contributed by atoms with Gasteiger partial charge >= 0.3 is 0 Å². The number of nitrogens with one attached hydrogen (secondary N) is 1. The molecule has 0 aliphatic carbocycles. The summed E-state index contributed by atoms with van der Waals surface area (Å²) >= 11 is 0. The van der Waals surface area contributed by atoms with Crippen molar-refractivity contribution in [3.63, 3.8) is 0 Å². The van der Waals surface area contributed by atoms with E-state index >= 15 is 0 Å². The Morgan fingerprint density at radius 1 is 1.29 bits per heavy atom. The van der Waals surface area contributed by atoms with Gasteiger partial charge in [-0.05, 0) is 52.9 Å². The summed E-state index contributed by atoms with van der Waals surface area (Å²) in [6.07, 6.45) is 2.70.